The Morgan fingerprint density at radius 1 is 1.36 bits per heavy atom. The van der Waals surface area contributed by atoms with E-state index in [2.05, 4.69) is 18.2 Å². The van der Waals surface area contributed by atoms with E-state index >= 15 is 0 Å². The normalized spacial score (nSPS) is 21.2. The highest BCUT2D eigenvalue weighted by Gasteiger charge is 2.23. The summed E-state index contributed by atoms with van der Waals surface area (Å²) in [5.74, 6) is 3.86. The molecule has 1 saturated carbocycles. The van der Waals surface area contributed by atoms with Crippen molar-refractivity contribution < 1.29 is 14.3 Å². The third-order valence-electron chi connectivity index (χ3n) is 4.61. The van der Waals surface area contributed by atoms with Gasteiger partial charge >= 0.3 is 0 Å². The fraction of sp³-hybridized carbons (Fsp3) is 0.571. The van der Waals surface area contributed by atoms with Crippen molar-refractivity contribution in [3.8, 4) is 18.1 Å². The molecule has 136 valence electrons. The zero-order valence-corrected chi connectivity index (χ0v) is 15.3. The number of amides is 1. The molecule has 1 fully saturated rings. The fourth-order valence-corrected chi connectivity index (χ4v) is 3.20. The van der Waals surface area contributed by atoms with Crippen LogP contribution in [-0.4, -0.2) is 31.3 Å². The molecule has 0 saturated heterocycles. The van der Waals surface area contributed by atoms with Gasteiger partial charge < -0.3 is 14.8 Å². The first-order chi connectivity index (χ1) is 12.1. The highest BCUT2D eigenvalue weighted by Crippen LogP contribution is 2.26. The van der Waals surface area contributed by atoms with Crippen LogP contribution in [0.5, 0.6) is 5.75 Å². The van der Waals surface area contributed by atoms with E-state index in [9.17, 15) is 4.79 Å². The summed E-state index contributed by atoms with van der Waals surface area (Å²) >= 11 is 0. The van der Waals surface area contributed by atoms with Crippen molar-refractivity contribution in [1.82, 2.24) is 5.32 Å². The van der Waals surface area contributed by atoms with Crippen molar-refractivity contribution in [3.05, 3.63) is 29.8 Å². The number of nitrogens with one attached hydrogen (secondary N) is 1. The molecular formula is C21H29NO3. The van der Waals surface area contributed by atoms with Gasteiger partial charge in [0.2, 0.25) is 5.91 Å². The lowest BCUT2D eigenvalue weighted by molar-refractivity contribution is -0.137. The monoisotopic (exact) mass is 343 g/mol. The Bertz CT molecular complexity index is 576. The predicted octanol–water partition coefficient (Wildman–Crippen LogP) is 3.34. The van der Waals surface area contributed by atoms with Crippen LogP contribution in [0.25, 0.3) is 0 Å². The van der Waals surface area contributed by atoms with Crippen LogP contribution in [0.3, 0.4) is 0 Å². The van der Waals surface area contributed by atoms with Gasteiger partial charge in [0.1, 0.15) is 18.5 Å². The first kappa shape index (κ1) is 19.3. The number of benzene rings is 1. The van der Waals surface area contributed by atoms with E-state index in [0.717, 1.165) is 30.6 Å². The first-order valence-corrected chi connectivity index (χ1v) is 9.17. The van der Waals surface area contributed by atoms with E-state index in [4.69, 9.17) is 15.9 Å². The summed E-state index contributed by atoms with van der Waals surface area (Å²) in [5.41, 5.74) is 1.14. The van der Waals surface area contributed by atoms with Crippen molar-refractivity contribution in [2.24, 2.45) is 5.92 Å². The van der Waals surface area contributed by atoms with Crippen molar-refractivity contribution in [3.63, 3.8) is 0 Å². The summed E-state index contributed by atoms with van der Waals surface area (Å²) in [6.07, 6.45) is 10.4. The molecule has 1 aliphatic rings. The number of terminal acetylenes is 1. The van der Waals surface area contributed by atoms with Crippen LogP contribution >= 0.6 is 0 Å². The second-order valence-electron chi connectivity index (χ2n) is 6.85. The minimum atomic E-state index is -0.394. The van der Waals surface area contributed by atoms with E-state index < -0.39 is 6.10 Å². The summed E-state index contributed by atoms with van der Waals surface area (Å²) in [6, 6.07) is 7.76. The van der Waals surface area contributed by atoms with Crippen LogP contribution in [0, 0.1) is 18.3 Å². The summed E-state index contributed by atoms with van der Waals surface area (Å²) < 4.78 is 11.3. The summed E-state index contributed by atoms with van der Waals surface area (Å²) in [6.45, 7) is 4.96. The third kappa shape index (κ3) is 6.80. The third-order valence-corrected chi connectivity index (χ3v) is 4.61. The quantitative estimate of drug-likeness (QED) is 0.737. The van der Waals surface area contributed by atoms with Gasteiger partial charge in [-0.15, -0.1) is 6.42 Å². The van der Waals surface area contributed by atoms with Crippen molar-refractivity contribution in [2.75, 3.05) is 13.2 Å². The highest BCUT2D eigenvalue weighted by atomic mass is 16.5. The minimum Gasteiger partial charge on any atom is -0.481 e. The van der Waals surface area contributed by atoms with Crippen LogP contribution in [0.1, 0.15) is 45.1 Å². The van der Waals surface area contributed by atoms with Crippen LogP contribution in [0.2, 0.25) is 0 Å². The molecule has 0 aromatic heterocycles. The Hall–Kier alpha value is -1.99. The fourth-order valence-electron chi connectivity index (χ4n) is 3.20. The molecule has 1 amide bonds. The lowest BCUT2D eigenvalue weighted by Gasteiger charge is -2.29. The van der Waals surface area contributed by atoms with Gasteiger partial charge in [-0.25, -0.2) is 0 Å². The van der Waals surface area contributed by atoms with E-state index in [0.29, 0.717) is 12.5 Å². The topological polar surface area (TPSA) is 47.6 Å². The Labute approximate surface area is 151 Å². The molecule has 2 rings (SSSR count). The van der Waals surface area contributed by atoms with E-state index in [1.165, 1.54) is 12.8 Å². The highest BCUT2D eigenvalue weighted by molar-refractivity contribution is 5.80. The molecule has 4 heteroatoms. The number of carbonyl (C=O) groups excluding carboxylic acids is 1. The van der Waals surface area contributed by atoms with Crippen molar-refractivity contribution in [1.29, 1.82) is 0 Å². The molecule has 4 nitrogen and oxygen atoms in total. The molecule has 1 aromatic rings. The summed E-state index contributed by atoms with van der Waals surface area (Å²) in [4.78, 5) is 12.2. The maximum atomic E-state index is 12.2. The molecule has 3 unspecified atom stereocenters. The maximum Gasteiger partial charge on any atom is 0.248 e. The standard InChI is InChI=1S/C21H29NO3/c1-4-14-24-19-10-8-18(9-11-19)12-13-22-21(23)17(3)25-20-7-5-6-16(2)15-20/h1,8-11,16-17,20H,5-7,12-15H2,2-3H3,(H,22,23). The Morgan fingerprint density at radius 3 is 2.80 bits per heavy atom. The van der Waals surface area contributed by atoms with Crippen LogP contribution in [-0.2, 0) is 16.0 Å². The molecule has 1 N–H and O–H groups in total. The smallest absolute Gasteiger partial charge is 0.248 e. The van der Waals surface area contributed by atoms with E-state index in [1.807, 2.05) is 31.2 Å². The maximum absolute atomic E-state index is 12.2. The van der Waals surface area contributed by atoms with Gasteiger partial charge in [0.25, 0.3) is 0 Å². The van der Waals surface area contributed by atoms with Gasteiger partial charge in [0, 0.05) is 6.54 Å². The van der Waals surface area contributed by atoms with Gasteiger partial charge in [0.15, 0.2) is 0 Å². The van der Waals surface area contributed by atoms with Crippen molar-refractivity contribution in [2.45, 2.75) is 58.2 Å². The number of hydrogen-bond acceptors (Lipinski definition) is 3. The Morgan fingerprint density at radius 2 is 2.12 bits per heavy atom. The average molecular weight is 343 g/mol. The SMILES string of the molecule is C#CCOc1ccc(CCNC(=O)C(C)OC2CCCC(C)C2)cc1. The van der Waals surface area contributed by atoms with E-state index in [-0.39, 0.29) is 18.6 Å². The lowest BCUT2D eigenvalue weighted by Crippen LogP contribution is -2.38. The van der Waals surface area contributed by atoms with Gasteiger partial charge in [-0.1, -0.05) is 37.8 Å². The molecule has 1 aliphatic carbocycles. The summed E-state index contributed by atoms with van der Waals surface area (Å²) in [5, 5.41) is 2.96. The van der Waals surface area contributed by atoms with Crippen LogP contribution in [0.4, 0.5) is 0 Å². The van der Waals surface area contributed by atoms with Crippen LogP contribution in [0.15, 0.2) is 24.3 Å². The zero-order chi connectivity index (χ0) is 18.1. The minimum absolute atomic E-state index is 0.0350. The van der Waals surface area contributed by atoms with Gasteiger partial charge in [-0.05, 0) is 49.8 Å². The molecule has 1 aromatic carbocycles. The van der Waals surface area contributed by atoms with Gasteiger partial charge in [-0.3, -0.25) is 4.79 Å². The largest absolute Gasteiger partial charge is 0.481 e. The molecule has 0 bridgehead atoms. The van der Waals surface area contributed by atoms with Crippen LogP contribution < -0.4 is 10.1 Å². The first-order valence-electron chi connectivity index (χ1n) is 9.17. The Balaban J connectivity index is 1.68. The average Bonchev–Trinajstić information content (AvgIpc) is 2.61. The molecule has 3 atom stereocenters. The predicted molar refractivity (Wildman–Crippen MR) is 99.5 cm³/mol. The second kappa shape index (κ2) is 10.1. The lowest BCUT2D eigenvalue weighted by atomic mass is 9.88. The zero-order valence-electron chi connectivity index (χ0n) is 15.3. The van der Waals surface area contributed by atoms with Crippen molar-refractivity contribution >= 4 is 5.91 Å². The molecule has 0 spiro atoms. The summed E-state index contributed by atoms with van der Waals surface area (Å²) in [7, 11) is 0. The van der Waals surface area contributed by atoms with E-state index in [1.54, 1.807) is 0 Å². The number of carbonyl (C=O) groups is 1. The molecule has 0 heterocycles. The molecular weight excluding hydrogens is 314 g/mol. The van der Waals surface area contributed by atoms with Gasteiger partial charge in [-0.2, -0.15) is 0 Å². The molecule has 25 heavy (non-hydrogen) atoms. The number of ether oxygens (including phenoxy) is 2. The molecule has 0 radical (unpaired) electrons. The number of rotatable bonds is 8. The number of hydrogen-bond donors (Lipinski definition) is 1. The molecule has 0 aliphatic heterocycles. The van der Waals surface area contributed by atoms with Gasteiger partial charge in [0.05, 0.1) is 6.10 Å². The Kier molecular flexibility index (Phi) is 7.81. The second-order valence-corrected chi connectivity index (χ2v) is 6.85.